The number of ether oxygens (including phenoxy) is 2. The van der Waals surface area contributed by atoms with Gasteiger partial charge in [-0.15, -0.1) is 0 Å². The minimum atomic E-state index is 0.159. The fourth-order valence-corrected chi connectivity index (χ4v) is 2.22. The predicted molar refractivity (Wildman–Crippen MR) is 42.2 cm³/mol. The van der Waals surface area contributed by atoms with Gasteiger partial charge in [-0.1, -0.05) is 13.3 Å². The molecule has 0 saturated carbocycles. The van der Waals surface area contributed by atoms with E-state index in [-0.39, 0.29) is 6.29 Å². The maximum atomic E-state index is 5.52. The number of rotatable bonds is 2. The fourth-order valence-electron chi connectivity index (χ4n) is 2.22. The van der Waals surface area contributed by atoms with Crippen LogP contribution in [0.4, 0.5) is 0 Å². The molecule has 0 spiro atoms. The Morgan fingerprint density at radius 2 is 2.27 bits per heavy atom. The Labute approximate surface area is 67.9 Å². The zero-order chi connectivity index (χ0) is 7.68. The minimum absolute atomic E-state index is 0.159. The molecule has 2 heteroatoms. The summed E-state index contributed by atoms with van der Waals surface area (Å²) in [6.45, 7) is 4.09. The summed E-state index contributed by atoms with van der Waals surface area (Å²) in [4.78, 5) is 0. The quantitative estimate of drug-likeness (QED) is 0.607. The minimum Gasteiger partial charge on any atom is -0.352 e. The molecule has 0 N–H and O–H groups in total. The van der Waals surface area contributed by atoms with Crippen LogP contribution >= 0.6 is 0 Å². The molecule has 2 rings (SSSR count). The van der Waals surface area contributed by atoms with Crippen LogP contribution in [0.3, 0.4) is 0 Å². The lowest BCUT2D eigenvalue weighted by Crippen LogP contribution is -2.14. The van der Waals surface area contributed by atoms with Gasteiger partial charge >= 0.3 is 0 Å². The molecule has 0 amide bonds. The van der Waals surface area contributed by atoms with Gasteiger partial charge in [-0.05, 0) is 18.8 Å². The van der Waals surface area contributed by atoms with Gasteiger partial charge in [0.15, 0.2) is 6.29 Å². The van der Waals surface area contributed by atoms with Crippen molar-refractivity contribution in [2.75, 3.05) is 13.2 Å². The summed E-state index contributed by atoms with van der Waals surface area (Å²) < 4.78 is 11.0. The summed E-state index contributed by atoms with van der Waals surface area (Å²) in [6.07, 6.45) is 3.96. The molecule has 11 heavy (non-hydrogen) atoms. The lowest BCUT2D eigenvalue weighted by molar-refractivity contribution is -0.0905. The highest BCUT2D eigenvalue weighted by Crippen LogP contribution is 2.37. The van der Waals surface area contributed by atoms with Crippen LogP contribution in [-0.2, 0) is 9.47 Å². The number of hydrogen-bond donors (Lipinski definition) is 0. The van der Waals surface area contributed by atoms with Crippen molar-refractivity contribution in [3.8, 4) is 0 Å². The molecule has 0 aromatic carbocycles. The van der Waals surface area contributed by atoms with Crippen molar-refractivity contribution in [2.45, 2.75) is 32.5 Å². The van der Waals surface area contributed by atoms with Gasteiger partial charge in [-0.25, -0.2) is 0 Å². The largest absolute Gasteiger partial charge is 0.352 e. The van der Waals surface area contributed by atoms with Crippen molar-refractivity contribution < 1.29 is 9.47 Å². The van der Waals surface area contributed by atoms with Crippen LogP contribution in [0.2, 0.25) is 0 Å². The lowest BCUT2D eigenvalue weighted by atomic mass is 9.90. The molecule has 2 saturated heterocycles. The second-order valence-electron chi connectivity index (χ2n) is 3.57. The van der Waals surface area contributed by atoms with Crippen molar-refractivity contribution in [1.29, 1.82) is 0 Å². The maximum Gasteiger partial charge on any atom is 0.160 e. The van der Waals surface area contributed by atoms with Crippen LogP contribution in [-0.4, -0.2) is 19.5 Å². The van der Waals surface area contributed by atoms with E-state index in [0.29, 0.717) is 0 Å². The Balaban J connectivity index is 1.92. The van der Waals surface area contributed by atoms with Crippen LogP contribution in [0, 0.1) is 11.8 Å². The van der Waals surface area contributed by atoms with E-state index >= 15 is 0 Å². The number of fused-ring (bicyclic) bond motifs is 1. The van der Waals surface area contributed by atoms with E-state index in [2.05, 4.69) is 6.92 Å². The van der Waals surface area contributed by atoms with E-state index in [4.69, 9.17) is 9.47 Å². The van der Waals surface area contributed by atoms with Gasteiger partial charge in [-0.2, -0.15) is 0 Å². The van der Waals surface area contributed by atoms with E-state index in [1.165, 1.54) is 19.3 Å². The molecule has 0 radical (unpaired) electrons. The first kappa shape index (κ1) is 7.56. The molecule has 2 nitrogen and oxygen atoms in total. The summed E-state index contributed by atoms with van der Waals surface area (Å²) in [5.74, 6) is 1.50. The van der Waals surface area contributed by atoms with Gasteiger partial charge in [0, 0.05) is 5.92 Å². The molecule has 3 atom stereocenters. The van der Waals surface area contributed by atoms with Crippen molar-refractivity contribution in [2.24, 2.45) is 11.8 Å². The summed E-state index contributed by atoms with van der Waals surface area (Å²) >= 11 is 0. The Morgan fingerprint density at radius 3 is 3.09 bits per heavy atom. The smallest absolute Gasteiger partial charge is 0.160 e. The summed E-state index contributed by atoms with van der Waals surface area (Å²) in [5.41, 5.74) is 0. The third-order valence-electron chi connectivity index (χ3n) is 2.82. The lowest BCUT2D eigenvalue weighted by Gasteiger charge is -2.12. The maximum absolute atomic E-state index is 5.52. The van der Waals surface area contributed by atoms with Crippen molar-refractivity contribution in [1.82, 2.24) is 0 Å². The van der Waals surface area contributed by atoms with Gasteiger partial charge in [0.25, 0.3) is 0 Å². The average molecular weight is 156 g/mol. The molecule has 2 aliphatic rings. The Kier molecular flexibility index (Phi) is 2.14. The van der Waals surface area contributed by atoms with Crippen molar-refractivity contribution in [3.63, 3.8) is 0 Å². The molecule has 2 heterocycles. The zero-order valence-corrected chi connectivity index (χ0v) is 7.08. The zero-order valence-electron chi connectivity index (χ0n) is 7.08. The van der Waals surface area contributed by atoms with E-state index in [1.54, 1.807) is 0 Å². The first-order valence-electron chi connectivity index (χ1n) is 4.65. The van der Waals surface area contributed by atoms with E-state index in [0.717, 1.165) is 25.0 Å². The SMILES string of the molecule is CCCC1COC2OCCC12. The van der Waals surface area contributed by atoms with Crippen LogP contribution in [0.15, 0.2) is 0 Å². The van der Waals surface area contributed by atoms with Gasteiger partial charge in [0.05, 0.1) is 13.2 Å². The average Bonchev–Trinajstić information content (AvgIpc) is 2.53. The second-order valence-corrected chi connectivity index (χ2v) is 3.57. The summed E-state index contributed by atoms with van der Waals surface area (Å²) in [6, 6.07) is 0. The highest BCUT2D eigenvalue weighted by molar-refractivity contribution is 4.82. The van der Waals surface area contributed by atoms with Crippen molar-refractivity contribution >= 4 is 0 Å². The summed E-state index contributed by atoms with van der Waals surface area (Å²) in [7, 11) is 0. The molecule has 0 aromatic heterocycles. The molecular formula is C9H16O2. The first-order chi connectivity index (χ1) is 5.42. The molecule has 2 fully saturated rings. The van der Waals surface area contributed by atoms with Gasteiger partial charge in [0.2, 0.25) is 0 Å². The standard InChI is InChI=1S/C9H16O2/c1-2-3-7-6-11-9-8(7)4-5-10-9/h7-9H,2-6H2,1H3. The third-order valence-corrected chi connectivity index (χ3v) is 2.82. The molecule has 2 aliphatic heterocycles. The molecular weight excluding hydrogens is 140 g/mol. The Bertz CT molecular complexity index is 134. The van der Waals surface area contributed by atoms with Gasteiger partial charge < -0.3 is 9.47 Å². The first-order valence-corrected chi connectivity index (χ1v) is 4.65. The van der Waals surface area contributed by atoms with Crippen LogP contribution < -0.4 is 0 Å². The van der Waals surface area contributed by atoms with Gasteiger partial charge in [0.1, 0.15) is 0 Å². The van der Waals surface area contributed by atoms with Crippen molar-refractivity contribution in [3.05, 3.63) is 0 Å². The van der Waals surface area contributed by atoms with Crippen LogP contribution in [0.1, 0.15) is 26.2 Å². The van der Waals surface area contributed by atoms with Gasteiger partial charge in [-0.3, -0.25) is 0 Å². The number of hydrogen-bond acceptors (Lipinski definition) is 2. The predicted octanol–water partition coefficient (Wildman–Crippen LogP) is 1.80. The molecule has 3 unspecified atom stereocenters. The third kappa shape index (κ3) is 1.30. The van der Waals surface area contributed by atoms with E-state index in [1.807, 2.05) is 0 Å². The molecule has 64 valence electrons. The Hall–Kier alpha value is -0.0800. The molecule has 0 aliphatic carbocycles. The van der Waals surface area contributed by atoms with E-state index < -0.39 is 0 Å². The van der Waals surface area contributed by atoms with Crippen LogP contribution in [0.25, 0.3) is 0 Å². The highest BCUT2D eigenvalue weighted by atomic mass is 16.7. The molecule has 0 bridgehead atoms. The second kappa shape index (κ2) is 3.11. The topological polar surface area (TPSA) is 18.5 Å². The highest BCUT2D eigenvalue weighted by Gasteiger charge is 2.40. The van der Waals surface area contributed by atoms with E-state index in [9.17, 15) is 0 Å². The fraction of sp³-hybridized carbons (Fsp3) is 1.00. The normalized spacial score (nSPS) is 42.8. The Morgan fingerprint density at radius 1 is 1.36 bits per heavy atom. The summed E-state index contributed by atoms with van der Waals surface area (Å²) in [5, 5.41) is 0. The monoisotopic (exact) mass is 156 g/mol. The molecule has 0 aromatic rings. The van der Waals surface area contributed by atoms with Crippen LogP contribution in [0.5, 0.6) is 0 Å².